The van der Waals surface area contributed by atoms with Gasteiger partial charge in [-0.05, 0) is 36.2 Å². The third kappa shape index (κ3) is 5.84. The van der Waals surface area contributed by atoms with Crippen LogP contribution in [0.3, 0.4) is 0 Å². The second-order valence-electron chi connectivity index (χ2n) is 6.28. The maximum absolute atomic E-state index is 6.13. The molecule has 3 nitrogen and oxygen atoms in total. The number of rotatable bonds is 9. The molecule has 0 bridgehead atoms. The molecule has 4 heteroatoms. The predicted molar refractivity (Wildman–Crippen MR) is 113 cm³/mol. The van der Waals surface area contributed by atoms with E-state index in [-0.39, 0.29) is 0 Å². The average molecular weight is 426 g/mol. The van der Waals surface area contributed by atoms with Crippen molar-refractivity contribution in [3.63, 3.8) is 0 Å². The second kappa shape index (κ2) is 10.1. The molecule has 0 fully saturated rings. The van der Waals surface area contributed by atoms with E-state index in [2.05, 4.69) is 63.7 Å². The number of benzene rings is 3. The molecule has 0 aliphatic heterocycles. The van der Waals surface area contributed by atoms with Gasteiger partial charge < -0.3 is 14.8 Å². The van der Waals surface area contributed by atoms with Crippen molar-refractivity contribution >= 4 is 15.9 Å². The summed E-state index contributed by atoms with van der Waals surface area (Å²) in [7, 11) is 1.67. The number of halogens is 1. The molecule has 0 amide bonds. The molecular formula is C23H24BrNO2. The van der Waals surface area contributed by atoms with Gasteiger partial charge in [-0.15, -0.1) is 0 Å². The molecule has 0 atom stereocenters. The summed E-state index contributed by atoms with van der Waals surface area (Å²) in [5.74, 6) is 1.52. The standard InChI is InChI=1S/C23H24BrNO2/c1-26-22-15-21(24)14-20(16-25-13-12-18-8-4-2-5-9-18)23(22)27-17-19-10-6-3-7-11-19/h2-11,14-15,25H,12-13,16-17H2,1H3. The Hall–Kier alpha value is -2.30. The third-order valence-electron chi connectivity index (χ3n) is 4.29. The van der Waals surface area contributed by atoms with E-state index < -0.39 is 0 Å². The fourth-order valence-corrected chi connectivity index (χ4v) is 3.38. The molecular weight excluding hydrogens is 402 g/mol. The van der Waals surface area contributed by atoms with Crippen LogP contribution in [0.15, 0.2) is 77.3 Å². The van der Waals surface area contributed by atoms with Crippen molar-refractivity contribution in [2.75, 3.05) is 13.7 Å². The van der Waals surface area contributed by atoms with Crippen LogP contribution in [0.4, 0.5) is 0 Å². The van der Waals surface area contributed by atoms with Gasteiger partial charge in [0.05, 0.1) is 7.11 Å². The Kier molecular flexibility index (Phi) is 7.31. The summed E-state index contributed by atoms with van der Waals surface area (Å²) in [6.07, 6.45) is 0.992. The third-order valence-corrected chi connectivity index (χ3v) is 4.75. The minimum Gasteiger partial charge on any atom is -0.493 e. The lowest BCUT2D eigenvalue weighted by atomic mass is 10.1. The first-order chi connectivity index (χ1) is 13.3. The molecule has 0 aromatic heterocycles. The largest absolute Gasteiger partial charge is 0.493 e. The van der Waals surface area contributed by atoms with E-state index >= 15 is 0 Å². The highest BCUT2D eigenvalue weighted by Gasteiger charge is 2.13. The molecule has 0 saturated heterocycles. The Labute approximate surface area is 169 Å². The van der Waals surface area contributed by atoms with Gasteiger partial charge in [-0.25, -0.2) is 0 Å². The van der Waals surface area contributed by atoms with Gasteiger partial charge in [0.15, 0.2) is 11.5 Å². The van der Waals surface area contributed by atoms with E-state index in [4.69, 9.17) is 9.47 Å². The van der Waals surface area contributed by atoms with Crippen LogP contribution in [0.2, 0.25) is 0 Å². The van der Waals surface area contributed by atoms with Crippen molar-refractivity contribution in [3.8, 4) is 11.5 Å². The van der Waals surface area contributed by atoms with Crippen LogP contribution >= 0.6 is 15.9 Å². The molecule has 0 unspecified atom stereocenters. The van der Waals surface area contributed by atoms with Gasteiger partial charge in [-0.1, -0.05) is 76.6 Å². The first-order valence-corrected chi connectivity index (χ1v) is 9.83. The average Bonchev–Trinajstić information content (AvgIpc) is 2.71. The van der Waals surface area contributed by atoms with E-state index in [1.165, 1.54) is 5.56 Å². The molecule has 0 aliphatic rings. The summed E-state index contributed by atoms with van der Waals surface area (Å²) < 4.78 is 12.7. The summed E-state index contributed by atoms with van der Waals surface area (Å²) in [5.41, 5.74) is 3.54. The lowest BCUT2D eigenvalue weighted by molar-refractivity contribution is 0.280. The Morgan fingerprint density at radius 1 is 0.889 bits per heavy atom. The lowest BCUT2D eigenvalue weighted by Gasteiger charge is -2.16. The summed E-state index contributed by atoms with van der Waals surface area (Å²) in [6, 6.07) is 24.7. The first kappa shape index (κ1) is 19.5. The Morgan fingerprint density at radius 3 is 2.22 bits per heavy atom. The quantitative estimate of drug-likeness (QED) is 0.467. The molecule has 140 valence electrons. The molecule has 1 N–H and O–H groups in total. The summed E-state index contributed by atoms with van der Waals surface area (Å²) in [4.78, 5) is 0. The van der Waals surface area contributed by atoms with Crippen LogP contribution in [-0.4, -0.2) is 13.7 Å². The molecule has 0 radical (unpaired) electrons. The molecule has 3 aromatic rings. The number of nitrogens with one attached hydrogen (secondary N) is 1. The zero-order valence-electron chi connectivity index (χ0n) is 15.5. The van der Waals surface area contributed by atoms with Crippen LogP contribution in [0.5, 0.6) is 11.5 Å². The topological polar surface area (TPSA) is 30.5 Å². The lowest BCUT2D eigenvalue weighted by Crippen LogP contribution is -2.17. The highest BCUT2D eigenvalue weighted by Crippen LogP contribution is 2.35. The van der Waals surface area contributed by atoms with Gasteiger partial charge in [-0.2, -0.15) is 0 Å². The fraction of sp³-hybridized carbons (Fsp3) is 0.217. The van der Waals surface area contributed by atoms with Crippen LogP contribution in [0.1, 0.15) is 16.7 Å². The Morgan fingerprint density at radius 2 is 1.56 bits per heavy atom. The normalized spacial score (nSPS) is 10.6. The number of methoxy groups -OCH3 is 1. The van der Waals surface area contributed by atoms with Crippen molar-refractivity contribution in [1.29, 1.82) is 0 Å². The van der Waals surface area contributed by atoms with Crippen LogP contribution in [0.25, 0.3) is 0 Å². The minimum atomic E-state index is 0.510. The monoisotopic (exact) mass is 425 g/mol. The predicted octanol–water partition coefficient (Wildman–Crippen LogP) is 5.37. The van der Waals surface area contributed by atoms with Crippen molar-refractivity contribution < 1.29 is 9.47 Å². The van der Waals surface area contributed by atoms with Crippen molar-refractivity contribution in [1.82, 2.24) is 5.32 Å². The van der Waals surface area contributed by atoms with Crippen LogP contribution in [0, 0.1) is 0 Å². The molecule has 3 aromatic carbocycles. The first-order valence-electron chi connectivity index (χ1n) is 9.04. The molecule has 0 saturated carbocycles. The van der Waals surface area contributed by atoms with E-state index in [9.17, 15) is 0 Å². The highest BCUT2D eigenvalue weighted by atomic mass is 79.9. The van der Waals surface area contributed by atoms with E-state index in [0.717, 1.165) is 40.1 Å². The molecule has 3 rings (SSSR count). The van der Waals surface area contributed by atoms with Gasteiger partial charge >= 0.3 is 0 Å². The van der Waals surface area contributed by atoms with Crippen LogP contribution < -0.4 is 14.8 Å². The summed E-state index contributed by atoms with van der Waals surface area (Å²) >= 11 is 3.57. The minimum absolute atomic E-state index is 0.510. The van der Waals surface area contributed by atoms with Gasteiger partial charge in [0.2, 0.25) is 0 Å². The van der Waals surface area contributed by atoms with E-state index in [1.54, 1.807) is 7.11 Å². The van der Waals surface area contributed by atoms with Crippen molar-refractivity contribution in [3.05, 3.63) is 94.0 Å². The Bertz CT molecular complexity index is 838. The van der Waals surface area contributed by atoms with Crippen LogP contribution in [-0.2, 0) is 19.6 Å². The second-order valence-corrected chi connectivity index (χ2v) is 7.20. The van der Waals surface area contributed by atoms with E-state index in [0.29, 0.717) is 13.2 Å². The molecule has 0 spiro atoms. The molecule has 0 aliphatic carbocycles. The summed E-state index contributed by atoms with van der Waals surface area (Å²) in [5, 5.41) is 3.51. The summed E-state index contributed by atoms with van der Waals surface area (Å²) in [6.45, 7) is 2.12. The Balaban J connectivity index is 1.66. The van der Waals surface area contributed by atoms with Gasteiger partial charge in [0, 0.05) is 16.6 Å². The maximum atomic E-state index is 6.13. The number of hydrogen-bond donors (Lipinski definition) is 1. The highest BCUT2D eigenvalue weighted by molar-refractivity contribution is 9.10. The molecule has 0 heterocycles. The SMILES string of the molecule is COc1cc(Br)cc(CNCCc2ccccc2)c1OCc1ccccc1. The van der Waals surface area contributed by atoms with Gasteiger partial charge in [0.1, 0.15) is 6.61 Å². The number of hydrogen-bond acceptors (Lipinski definition) is 3. The van der Waals surface area contributed by atoms with Gasteiger partial charge in [-0.3, -0.25) is 0 Å². The van der Waals surface area contributed by atoms with Crippen molar-refractivity contribution in [2.24, 2.45) is 0 Å². The zero-order chi connectivity index (χ0) is 18.9. The number of ether oxygens (including phenoxy) is 2. The maximum Gasteiger partial charge on any atom is 0.166 e. The van der Waals surface area contributed by atoms with E-state index in [1.807, 2.05) is 30.3 Å². The smallest absolute Gasteiger partial charge is 0.166 e. The fourth-order valence-electron chi connectivity index (χ4n) is 2.90. The molecule has 27 heavy (non-hydrogen) atoms. The zero-order valence-corrected chi connectivity index (χ0v) is 17.0. The van der Waals surface area contributed by atoms with Crippen molar-refractivity contribution in [2.45, 2.75) is 19.6 Å². The van der Waals surface area contributed by atoms with Gasteiger partial charge in [0.25, 0.3) is 0 Å².